The molecule has 3 nitrogen and oxygen atoms in total. The topological polar surface area (TPSA) is 23.6 Å². The van der Waals surface area contributed by atoms with Gasteiger partial charge in [-0.1, -0.05) is 24.3 Å². The summed E-state index contributed by atoms with van der Waals surface area (Å²) in [7, 11) is 2.10. The van der Waals surface area contributed by atoms with Crippen molar-refractivity contribution in [1.29, 1.82) is 0 Å². The summed E-state index contributed by atoms with van der Waals surface area (Å²) in [4.78, 5) is 16.5. The summed E-state index contributed by atoms with van der Waals surface area (Å²) >= 11 is 0. The van der Waals surface area contributed by atoms with Crippen LogP contribution in [-0.2, 0) is 17.3 Å². The zero-order valence-corrected chi connectivity index (χ0v) is 13.8. The molecular formula is C18H24F2N2O. The summed E-state index contributed by atoms with van der Waals surface area (Å²) in [6.45, 7) is 1.83. The third-order valence-electron chi connectivity index (χ3n) is 5.05. The number of hydrogen-bond acceptors (Lipinski definition) is 2. The normalized spacial score (nSPS) is 22.7. The highest BCUT2D eigenvalue weighted by atomic mass is 19.3. The van der Waals surface area contributed by atoms with Crippen LogP contribution >= 0.6 is 0 Å². The Morgan fingerprint density at radius 1 is 1.22 bits per heavy atom. The zero-order chi connectivity index (χ0) is 16.6. The molecule has 1 saturated heterocycles. The van der Waals surface area contributed by atoms with Crippen molar-refractivity contribution in [2.45, 2.75) is 57.2 Å². The van der Waals surface area contributed by atoms with Gasteiger partial charge in [0.2, 0.25) is 5.91 Å². The molecule has 3 rings (SSSR count). The Morgan fingerprint density at radius 3 is 2.52 bits per heavy atom. The highest BCUT2D eigenvalue weighted by Crippen LogP contribution is 2.33. The number of rotatable bonds is 5. The van der Waals surface area contributed by atoms with Crippen LogP contribution < -0.4 is 0 Å². The van der Waals surface area contributed by atoms with E-state index in [1.165, 1.54) is 18.9 Å². The van der Waals surface area contributed by atoms with Gasteiger partial charge in [0.25, 0.3) is 5.92 Å². The molecule has 5 heteroatoms. The van der Waals surface area contributed by atoms with Gasteiger partial charge in [0.15, 0.2) is 0 Å². The van der Waals surface area contributed by atoms with Crippen molar-refractivity contribution in [3.63, 3.8) is 0 Å². The summed E-state index contributed by atoms with van der Waals surface area (Å²) in [5.74, 6) is -2.81. The maximum Gasteiger partial charge on any atom is 0.270 e. The van der Waals surface area contributed by atoms with Gasteiger partial charge in [-0.3, -0.25) is 9.69 Å². The van der Waals surface area contributed by atoms with Gasteiger partial charge in [0.1, 0.15) is 0 Å². The van der Waals surface area contributed by atoms with Crippen molar-refractivity contribution < 1.29 is 13.6 Å². The Labute approximate surface area is 136 Å². The fourth-order valence-corrected chi connectivity index (χ4v) is 3.45. The van der Waals surface area contributed by atoms with E-state index in [0.717, 1.165) is 13.3 Å². The van der Waals surface area contributed by atoms with Crippen molar-refractivity contribution in [2.24, 2.45) is 0 Å². The molecule has 0 radical (unpaired) electrons. The van der Waals surface area contributed by atoms with E-state index in [0.29, 0.717) is 30.6 Å². The maximum atomic E-state index is 13.7. The number of benzene rings is 1. The van der Waals surface area contributed by atoms with Gasteiger partial charge in [0, 0.05) is 44.1 Å². The fraction of sp³-hybridized carbons (Fsp3) is 0.611. The number of amides is 1. The molecule has 1 aliphatic carbocycles. The van der Waals surface area contributed by atoms with Crippen molar-refractivity contribution in [2.75, 3.05) is 13.6 Å². The molecule has 23 heavy (non-hydrogen) atoms. The van der Waals surface area contributed by atoms with E-state index in [1.807, 2.05) is 0 Å². The monoisotopic (exact) mass is 322 g/mol. The van der Waals surface area contributed by atoms with Crippen LogP contribution in [0.5, 0.6) is 0 Å². The highest BCUT2D eigenvalue weighted by Gasteiger charge is 2.36. The van der Waals surface area contributed by atoms with E-state index >= 15 is 0 Å². The predicted molar refractivity (Wildman–Crippen MR) is 85.2 cm³/mol. The summed E-state index contributed by atoms with van der Waals surface area (Å²) in [6, 6.07) is 7.46. The molecule has 0 aromatic heterocycles. The van der Waals surface area contributed by atoms with Crippen LogP contribution in [0.15, 0.2) is 24.3 Å². The Bertz CT molecular complexity index is 581. The SMILES string of the molecule is CN(C1CC1)C1CCN(Cc2ccccc2C(C)(F)F)C(=O)C1. The van der Waals surface area contributed by atoms with Gasteiger partial charge < -0.3 is 4.90 Å². The van der Waals surface area contributed by atoms with Gasteiger partial charge in [-0.05, 0) is 31.9 Å². The number of likely N-dealkylation sites (tertiary alicyclic amines) is 1. The summed E-state index contributed by atoms with van der Waals surface area (Å²) in [6.07, 6.45) is 3.87. The number of hydrogen-bond donors (Lipinski definition) is 0. The first-order valence-corrected chi connectivity index (χ1v) is 8.32. The van der Waals surface area contributed by atoms with Crippen LogP contribution in [0.25, 0.3) is 0 Å². The van der Waals surface area contributed by atoms with E-state index in [2.05, 4.69) is 11.9 Å². The van der Waals surface area contributed by atoms with Gasteiger partial charge in [0.05, 0.1) is 0 Å². The first-order valence-electron chi connectivity index (χ1n) is 8.32. The quantitative estimate of drug-likeness (QED) is 0.830. The van der Waals surface area contributed by atoms with E-state index in [9.17, 15) is 13.6 Å². The third-order valence-corrected chi connectivity index (χ3v) is 5.05. The molecule has 0 N–H and O–H groups in total. The summed E-state index contributed by atoms with van der Waals surface area (Å²) in [5, 5.41) is 0. The minimum atomic E-state index is -2.88. The molecule has 1 aromatic carbocycles. The number of carbonyl (C=O) groups excluding carboxylic acids is 1. The Balaban J connectivity index is 1.67. The first-order chi connectivity index (χ1) is 10.9. The van der Waals surface area contributed by atoms with Crippen molar-refractivity contribution in [3.05, 3.63) is 35.4 Å². The molecule has 1 aliphatic heterocycles. The first kappa shape index (κ1) is 16.4. The molecule has 1 saturated carbocycles. The highest BCUT2D eigenvalue weighted by molar-refractivity contribution is 5.77. The summed E-state index contributed by atoms with van der Waals surface area (Å²) in [5.41, 5.74) is 0.562. The van der Waals surface area contributed by atoms with Crippen LogP contribution in [0.4, 0.5) is 8.78 Å². The minimum absolute atomic E-state index is 0.0185. The van der Waals surface area contributed by atoms with Crippen LogP contribution in [0, 0.1) is 0 Å². The average Bonchev–Trinajstić information content (AvgIpc) is 3.33. The number of nitrogens with zero attached hydrogens (tertiary/aromatic N) is 2. The molecule has 0 bridgehead atoms. The summed E-state index contributed by atoms with van der Waals surface area (Å²) < 4.78 is 27.4. The molecule has 0 spiro atoms. The molecule has 1 atom stereocenters. The standard InChI is InChI=1S/C18H24F2N2O/c1-18(19,20)16-6-4-3-5-13(16)12-22-10-9-15(11-17(22)23)21(2)14-7-8-14/h3-6,14-15H,7-12H2,1-2H3. The maximum absolute atomic E-state index is 13.7. The Morgan fingerprint density at radius 2 is 1.91 bits per heavy atom. The predicted octanol–water partition coefficient (Wildman–Crippen LogP) is 3.38. The molecule has 2 fully saturated rings. The molecule has 1 amide bonds. The van der Waals surface area contributed by atoms with E-state index < -0.39 is 5.92 Å². The number of carbonyl (C=O) groups is 1. The van der Waals surface area contributed by atoms with Crippen LogP contribution in [-0.4, -0.2) is 41.4 Å². The lowest BCUT2D eigenvalue weighted by molar-refractivity contribution is -0.136. The fourth-order valence-electron chi connectivity index (χ4n) is 3.45. The molecule has 2 aliphatic rings. The van der Waals surface area contributed by atoms with E-state index in [4.69, 9.17) is 0 Å². The molecule has 1 heterocycles. The minimum Gasteiger partial charge on any atom is -0.338 e. The van der Waals surface area contributed by atoms with Gasteiger partial charge in [-0.25, -0.2) is 8.78 Å². The van der Waals surface area contributed by atoms with Crippen molar-refractivity contribution >= 4 is 5.91 Å². The lowest BCUT2D eigenvalue weighted by atomic mass is 9.99. The van der Waals surface area contributed by atoms with E-state index in [-0.39, 0.29) is 18.0 Å². The number of halogens is 2. The van der Waals surface area contributed by atoms with E-state index in [1.54, 1.807) is 23.1 Å². The Kier molecular flexibility index (Phi) is 4.41. The van der Waals surface area contributed by atoms with Crippen molar-refractivity contribution in [1.82, 2.24) is 9.80 Å². The van der Waals surface area contributed by atoms with Crippen LogP contribution in [0.3, 0.4) is 0 Å². The third kappa shape index (κ3) is 3.71. The van der Waals surface area contributed by atoms with Gasteiger partial charge >= 0.3 is 0 Å². The smallest absolute Gasteiger partial charge is 0.270 e. The average molecular weight is 322 g/mol. The molecule has 126 valence electrons. The van der Waals surface area contributed by atoms with Crippen LogP contribution in [0.1, 0.15) is 43.7 Å². The van der Waals surface area contributed by atoms with Gasteiger partial charge in [-0.15, -0.1) is 0 Å². The second kappa shape index (κ2) is 6.19. The zero-order valence-electron chi connectivity index (χ0n) is 13.8. The second-order valence-electron chi connectivity index (χ2n) is 6.90. The molecule has 1 unspecified atom stereocenters. The van der Waals surface area contributed by atoms with Crippen LogP contribution in [0.2, 0.25) is 0 Å². The molecular weight excluding hydrogens is 298 g/mol. The second-order valence-corrected chi connectivity index (χ2v) is 6.90. The van der Waals surface area contributed by atoms with Crippen molar-refractivity contribution in [3.8, 4) is 0 Å². The van der Waals surface area contributed by atoms with Gasteiger partial charge in [-0.2, -0.15) is 0 Å². The number of alkyl halides is 2. The lowest BCUT2D eigenvalue weighted by Gasteiger charge is -2.37. The lowest BCUT2D eigenvalue weighted by Crippen LogP contribution is -2.47. The largest absolute Gasteiger partial charge is 0.338 e. The molecule has 1 aromatic rings. The Hall–Kier alpha value is -1.49. The number of piperidine rings is 1.